The fourth-order valence-electron chi connectivity index (χ4n) is 3.38. The van der Waals surface area contributed by atoms with E-state index in [1.54, 1.807) is 7.11 Å². The molecule has 2 rings (SSSR count). The highest BCUT2D eigenvalue weighted by Gasteiger charge is 2.25. The first-order valence-corrected chi connectivity index (χ1v) is 9.20. The average Bonchev–Trinajstić information content (AvgIpc) is 2.84. The number of benzene rings is 1. The van der Waals surface area contributed by atoms with Gasteiger partial charge in [0.05, 0.1) is 12.7 Å². The molecule has 0 N–H and O–H groups in total. The van der Waals surface area contributed by atoms with Crippen LogP contribution in [-0.2, 0) is 4.79 Å². The summed E-state index contributed by atoms with van der Waals surface area (Å²) < 4.78 is 5.44. The van der Waals surface area contributed by atoms with Crippen molar-refractivity contribution in [1.82, 2.24) is 9.80 Å². The first kappa shape index (κ1) is 19.3. The van der Waals surface area contributed by atoms with Crippen molar-refractivity contribution < 1.29 is 14.3 Å². The predicted octanol–water partition coefficient (Wildman–Crippen LogP) is 3.18. The van der Waals surface area contributed by atoms with Crippen LogP contribution in [0.15, 0.2) is 12.1 Å². The Balaban J connectivity index is 2.10. The highest BCUT2D eigenvalue weighted by Crippen LogP contribution is 2.26. The third kappa shape index (κ3) is 4.74. The molecule has 1 aliphatic heterocycles. The molecule has 138 valence electrons. The number of hydrogen-bond donors (Lipinski definition) is 0. The SMILES string of the molecule is CCCCC(=O)N1CCCN(C(=O)c2c(C)cc(C)cc2OC)CC1. The molecular formula is C20H30N2O3. The highest BCUT2D eigenvalue weighted by molar-refractivity contribution is 5.98. The van der Waals surface area contributed by atoms with Gasteiger partial charge >= 0.3 is 0 Å². The molecule has 25 heavy (non-hydrogen) atoms. The molecule has 0 spiro atoms. The Morgan fingerprint density at radius 2 is 1.76 bits per heavy atom. The molecule has 0 aromatic heterocycles. The highest BCUT2D eigenvalue weighted by atomic mass is 16.5. The molecule has 1 aromatic rings. The third-order valence-electron chi connectivity index (χ3n) is 4.76. The van der Waals surface area contributed by atoms with E-state index in [1.807, 2.05) is 35.8 Å². The van der Waals surface area contributed by atoms with E-state index < -0.39 is 0 Å². The van der Waals surface area contributed by atoms with Gasteiger partial charge in [-0.05, 0) is 43.9 Å². The summed E-state index contributed by atoms with van der Waals surface area (Å²) in [5.41, 5.74) is 2.65. The number of carbonyl (C=O) groups is 2. The summed E-state index contributed by atoms with van der Waals surface area (Å²) in [6.45, 7) is 8.63. The maximum absolute atomic E-state index is 13.1. The molecule has 0 radical (unpaired) electrons. The van der Waals surface area contributed by atoms with E-state index in [0.717, 1.165) is 36.9 Å². The van der Waals surface area contributed by atoms with Crippen molar-refractivity contribution in [3.8, 4) is 5.75 Å². The van der Waals surface area contributed by atoms with Gasteiger partial charge in [-0.25, -0.2) is 0 Å². The number of rotatable bonds is 5. The maximum Gasteiger partial charge on any atom is 0.257 e. The number of unbranched alkanes of at least 4 members (excludes halogenated alkanes) is 1. The summed E-state index contributed by atoms with van der Waals surface area (Å²) in [4.78, 5) is 29.1. The van der Waals surface area contributed by atoms with Crippen LogP contribution in [0.1, 0.15) is 54.1 Å². The van der Waals surface area contributed by atoms with E-state index in [-0.39, 0.29) is 11.8 Å². The van der Waals surface area contributed by atoms with E-state index in [2.05, 4.69) is 6.92 Å². The second-order valence-corrected chi connectivity index (χ2v) is 6.79. The Kier molecular flexibility index (Phi) is 6.85. The van der Waals surface area contributed by atoms with Gasteiger partial charge in [-0.2, -0.15) is 0 Å². The number of hydrogen-bond acceptors (Lipinski definition) is 3. The largest absolute Gasteiger partial charge is 0.496 e. The van der Waals surface area contributed by atoms with Gasteiger partial charge in [0.1, 0.15) is 5.75 Å². The predicted molar refractivity (Wildman–Crippen MR) is 99.1 cm³/mol. The summed E-state index contributed by atoms with van der Waals surface area (Å²) in [5, 5.41) is 0. The molecule has 1 heterocycles. The Bertz CT molecular complexity index is 628. The van der Waals surface area contributed by atoms with Crippen LogP contribution in [0.5, 0.6) is 5.75 Å². The lowest BCUT2D eigenvalue weighted by Crippen LogP contribution is -2.37. The summed E-state index contributed by atoms with van der Waals surface area (Å²) in [5.74, 6) is 0.833. The molecule has 0 atom stereocenters. The Hall–Kier alpha value is -2.04. The average molecular weight is 346 g/mol. The number of aryl methyl sites for hydroxylation is 2. The molecule has 1 aliphatic rings. The number of amides is 2. The summed E-state index contributed by atoms with van der Waals surface area (Å²) in [6.07, 6.45) is 3.38. The van der Waals surface area contributed by atoms with Gasteiger partial charge in [0.25, 0.3) is 5.91 Å². The van der Waals surface area contributed by atoms with Crippen LogP contribution < -0.4 is 4.74 Å². The van der Waals surface area contributed by atoms with Crippen molar-refractivity contribution in [2.45, 2.75) is 46.5 Å². The first-order chi connectivity index (χ1) is 12.0. The Labute approximate surface area is 150 Å². The van der Waals surface area contributed by atoms with E-state index in [9.17, 15) is 9.59 Å². The standard InChI is InChI=1S/C20H30N2O3/c1-5-6-8-18(23)21-9-7-10-22(12-11-21)20(24)19-16(3)13-15(2)14-17(19)25-4/h13-14H,5-12H2,1-4H3. The molecule has 0 bridgehead atoms. The van der Waals surface area contributed by atoms with Gasteiger partial charge in [0.2, 0.25) is 5.91 Å². The topological polar surface area (TPSA) is 49.9 Å². The smallest absolute Gasteiger partial charge is 0.257 e. The number of nitrogens with zero attached hydrogens (tertiary/aromatic N) is 2. The zero-order valence-corrected chi connectivity index (χ0v) is 15.9. The van der Waals surface area contributed by atoms with Gasteiger partial charge in [0.15, 0.2) is 0 Å². The minimum Gasteiger partial charge on any atom is -0.496 e. The fraction of sp³-hybridized carbons (Fsp3) is 0.600. The monoisotopic (exact) mass is 346 g/mol. The molecule has 1 saturated heterocycles. The van der Waals surface area contributed by atoms with Crippen molar-refractivity contribution in [3.63, 3.8) is 0 Å². The van der Waals surface area contributed by atoms with Gasteiger partial charge in [-0.3, -0.25) is 9.59 Å². The van der Waals surface area contributed by atoms with Crippen LogP contribution in [-0.4, -0.2) is 54.9 Å². The quantitative estimate of drug-likeness (QED) is 0.823. The van der Waals surface area contributed by atoms with Gasteiger partial charge < -0.3 is 14.5 Å². The van der Waals surface area contributed by atoms with Crippen LogP contribution in [0.2, 0.25) is 0 Å². The molecule has 2 amide bonds. The summed E-state index contributed by atoms with van der Waals surface area (Å²) in [6, 6.07) is 3.91. The van der Waals surface area contributed by atoms with Crippen molar-refractivity contribution >= 4 is 11.8 Å². The molecule has 1 aromatic carbocycles. The Morgan fingerprint density at radius 3 is 2.44 bits per heavy atom. The summed E-state index contributed by atoms with van der Waals surface area (Å²) in [7, 11) is 1.60. The van der Waals surface area contributed by atoms with Crippen molar-refractivity contribution in [1.29, 1.82) is 0 Å². The van der Waals surface area contributed by atoms with E-state index in [0.29, 0.717) is 37.4 Å². The number of methoxy groups -OCH3 is 1. The van der Waals surface area contributed by atoms with Crippen LogP contribution >= 0.6 is 0 Å². The third-order valence-corrected chi connectivity index (χ3v) is 4.76. The first-order valence-electron chi connectivity index (χ1n) is 9.20. The minimum atomic E-state index is -0.00259. The zero-order valence-electron chi connectivity index (χ0n) is 15.9. The van der Waals surface area contributed by atoms with E-state index >= 15 is 0 Å². The van der Waals surface area contributed by atoms with Crippen LogP contribution in [0, 0.1) is 13.8 Å². The Morgan fingerprint density at radius 1 is 1.08 bits per heavy atom. The molecule has 0 aliphatic carbocycles. The molecule has 0 unspecified atom stereocenters. The second-order valence-electron chi connectivity index (χ2n) is 6.79. The number of carbonyl (C=O) groups excluding carboxylic acids is 2. The summed E-state index contributed by atoms with van der Waals surface area (Å²) >= 11 is 0. The molecular weight excluding hydrogens is 316 g/mol. The van der Waals surface area contributed by atoms with Crippen molar-refractivity contribution in [2.24, 2.45) is 0 Å². The van der Waals surface area contributed by atoms with E-state index in [1.165, 1.54) is 0 Å². The van der Waals surface area contributed by atoms with Gasteiger partial charge in [-0.15, -0.1) is 0 Å². The lowest BCUT2D eigenvalue weighted by Gasteiger charge is -2.24. The van der Waals surface area contributed by atoms with Gasteiger partial charge in [-0.1, -0.05) is 19.4 Å². The zero-order chi connectivity index (χ0) is 18.4. The molecule has 1 fully saturated rings. The molecule has 5 heteroatoms. The minimum absolute atomic E-state index is 0.00259. The number of ether oxygens (including phenoxy) is 1. The molecule has 5 nitrogen and oxygen atoms in total. The van der Waals surface area contributed by atoms with Crippen LogP contribution in [0.4, 0.5) is 0 Å². The molecule has 0 saturated carbocycles. The normalized spacial score (nSPS) is 15.0. The fourth-order valence-corrected chi connectivity index (χ4v) is 3.38. The van der Waals surface area contributed by atoms with Crippen LogP contribution in [0.25, 0.3) is 0 Å². The van der Waals surface area contributed by atoms with E-state index in [4.69, 9.17) is 4.74 Å². The lowest BCUT2D eigenvalue weighted by atomic mass is 10.0. The second kappa shape index (κ2) is 8.88. The lowest BCUT2D eigenvalue weighted by molar-refractivity contribution is -0.131. The van der Waals surface area contributed by atoms with Crippen molar-refractivity contribution in [2.75, 3.05) is 33.3 Å². The van der Waals surface area contributed by atoms with Crippen LogP contribution in [0.3, 0.4) is 0 Å². The van der Waals surface area contributed by atoms with Crippen molar-refractivity contribution in [3.05, 3.63) is 28.8 Å². The maximum atomic E-state index is 13.1. The van der Waals surface area contributed by atoms with Gasteiger partial charge in [0, 0.05) is 32.6 Å².